The summed E-state index contributed by atoms with van der Waals surface area (Å²) in [5.41, 5.74) is 1.75. The van der Waals surface area contributed by atoms with E-state index >= 15 is 0 Å². The number of hydrogen-bond donors (Lipinski definition) is 0. The van der Waals surface area contributed by atoms with Gasteiger partial charge in [-0.1, -0.05) is 36.7 Å². The molecule has 2 aromatic heterocycles. The maximum atomic E-state index is 12.2. The van der Waals surface area contributed by atoms with E-state index in [9.17, 15) is 4.79 Å². The van der Waals surface area contributed by atoms with Gasteiger partial charge in [-0.2, -0.15) is 5.10 Å². The summed E-state index contributed by atoms with van der Waals surface area (Å²) in [5.74, 6) is 0.669. The van der Waals surface area contributed by atoms with Gasteiger partial charge < -0.3 is 0 Å². The molecule has 0 saturated carbocycles. The van der Waals surface area contributed by atoms with Gasteiger partial charge in [-0.15, -0.1) is 0 Å². The lowest BCUT2D eigenvalue weighted by Gasteiger charge is -2.09. The summed E-state index contributed by atoms with van der Waals surface area (Å²) < 4.78 is 3.45. The highest BCUT2D eigenvalue weighted by atomic mass is 35.5. The van der Waals surface area contributed by atoms with Crippen LogP contribution in [-0.4, -0.2) is 19.3 Å². The topological polar surface area (TPSA) is 52.7 Å². The summed E-state index contributed by atoms with van der Waals surface area (Å²) in [5, 5.41) is 5.80. The molecule has 21 heavy (non-hydrogen) atoms. The number of halogens is 1. The lowest BCUT2D eigenvalue weighted by molar-refractivity contribution is 0.649. The standard InChI is InChI=1S/C15H15ClN4O/c1-3-14-17-13(16)8-15(21)20(14)9-11-10-6-4-5-7-12(10)19(2)18-11/h4-8H,3,9H2,1-2H3. The molecule has 0 fully saturated rings. The molecule has 1 aromatic carbocycles. The number of aromatic nitrogens is 4. The van der Waals surface area contributed by atoms with Crippen LogP contribution in [0.1, 0.15) is 18.4 Å². The first-order chi connectivity index (χ1) is 10.1. The van der Waals surface area contributed by atoms with Crippen LogP contribution in [0.15, 0.2) is 35.1 Å². The molecule has 3 rings (SSSR count). The summed E-state index contributed by atoms with van der Waals surface area (Å²) in [7, 11) is 1.90. The Balaban J connectivity index is 2.13. The molecule has 0 aliphatic heterocycles. The third kappa shape index (κ3) is 2.45. The number of aryl methyl sites for hydroxylation is 2. The van der Waals surface area contributed by atoms with E-state index < -0.39 is 0 Å². The molecule has 2 heterocycles. The highest BCUT2D eigenvalue weighted by molar-refractivity contribution is 6.29. The van der Waals surface area contributed by atoms with Gasteiger partial charge in [0, 0.05) is 24.9 Å². The first-order valence-electron chi connectivity index (χ1n) is 6.77. The van der Waals surface area contributed by atoms with Gasteiger partial charge in [-0.3, -0.25) is 14.0 Å². The molecule has 3 aromatic rings. The Morgan fingerprint density at radius 2 is 2.05 bits per heavy atom. The molecule has 0 amide bonds. The largest absolute Gasteiger partial charge is 0.290 e. The normalized spacial score (nSPS) is 11.2. The van der Waals surface area contributed by atoms with Crippen molar-refractivity contribution in [1.29, 1.82) is 0 Å². The quantitative estimate of drug-likeness (QED) is 0.698. The van der Waals surface area contributed by atoms with Crippen molar-refractivity contribution in [3.05, 3.63) is 57.4 Å². The average Bonchev–Trinajstić information content (AvgIpc) is 2.78. The van der Waals surface area contributed by atoms with E-state index in [1.165, 1.54) is 6.07 Å². The second-order valence-electron chi connectivity index (χ2n) is 4.86. The van der Waals surface area contributed by atoms with E-state index in [0.717, 1.165) is 16.6 Å². The van der Waals surface area contributed by atoms with Crippen molar-refractivity contribution >= 4 is 22.5 Å². The van der Waals surface area contributed by atoms with Crippen molar-refractivity contribution in [3.8, 4) is 0 Å². The fraction of sp³-hybridized carbons (Fsp3) is 0.267. The molecule has 6 heteroatoms. The number of benzene rings is 1. The highest BCUT2D eigenvalue weighted by Gasteiger charge is 2.12. The molecule has 0 saturated heterocycles. The number of para-hydroxylation sites is 1. The minimum Gasteiger partial charge on any atom is -0.290 e. The Labute approximate surface area is 126 Å². The van der Waals surface area contributed by atoms with Gasteiger partial charge in [-0.05, 0) is 6.07 Å². The Hall–Kier alpha value is -2.14. The lowest BCUT2D eigenvalue weighted by Crippen LogP contribution is -2.25. The first-order valence-corrected chi connectivity index (χ1v) is 7.15. The molecule has 0 aliphatic rings. The minimum absolute atomic E-state index is 0.151. The minimum atomic E-state index is -0.151. The number of hydrogen-bond acceptors (Lipinski definition) is 3. The van der Waals surface area contributed by atoms with Crippen molar-refractivity contribution in [2.45, 2.75) is 19.9 Å². The molecule has 0 unspecified atom stereocenters. The molecule has 0 aliphatic carbocycles. The molecule has 108 valence electrons. The zero-order valence-corrected chi connectivity index (χ0v) is 12.6. The Bertz CT molecular complexity index is 866. The van der Waals surface area contributed by atoms with E-state index in [4.69, 9.17) is 11.6 Å². The Morgan fingerprint density at radius 3 is 2.81 bits per heavy atom. The van der Waals surface area contributed by atoms with Crippen LogP contribution in [0.5, 0.6) is 0 Å². The predicted molar refractivity (Wildman–Crippen MR) is 82.7 cm³/mol. The van der Waals surface area contributed by atoms with Gasteiger partial charge in [0.2, 0.25) is 0 Å². The summed E-state index contributed by atoms with van der Waals surface area (Å²) >= 11 is 5.86. The monoisotopic (exact) mass is 302 g/mol. The maximum absolute atomic E-state index is 12.2. The van der Waals surface area contributed by atoms with Crippen LogP contribution in [0.2, 0.25) is 5.15 Å². The van der Waals surface area contributed by atoms with Crippen LogP contribution in [0.4, 0.5) is 0 Å². The van der Waals surface area contributed by atoms with Crippen LogP contribution < -0.4 is 5.56 Å². The molecule has 0 atom stereocenters. The van der Waals surface area contributed by atoms with Crippen LogP contribution in [-0.2, 0) is 20.0 Å². The number of fused-ring (bicyclic) bond motifs is 1. The Morgan fingerprint density at radius 1 is 1.29 bits per heavy atom. The molecular weight excluding hydrogens is 288 g/mol. The molecule has 0 radical (unpaired) electrons. The number of nitrogens with zero attached hydrogens (tertiary/aromatic N) is 4. The van der Waals surface area contributed by atoms with E-state index in [1.54, 1.807) is 4.57 Å². The van der Waals surface area contributed by atoms with Gasteiger partial charge >= 0.3 is 0 Å². The third-order valence-corrected chi connectivity index (χ3v) is 3.71. The molecule has 0 spiro atoms. The summed E-state index contributed by atoms with van der Waals surface area (Å²) in [6, 6.07) is 9.30. The number of rotatable bonds is 3. The van der Waals surface area contributed by atoms with E-state index in [1.807, 2.05) is 42.9 Å². The zero-order chi connectivity index (χ0) is 15.0. The van der Waals surface area contributed by atoms with Crippen LogP contribution in [0.25, 0.3) is 10.9 Å². The van der Waals surface area contributed by atoms with Crippen LogP contribution in [0, 0.1) is 0 Å². The van der Waals surface area contributed by atoms with Crippen molar-refractivity contribution in [1.82, 2.24) is 19.3 Å². The molecular formula is C15H15ClN4O. The van der Waals surface area contributed by atoms with E-state index in [-0.39, 0.29) is 10.7 Å². The van der Waals surface area contributed by atoms with Gasteiger partial charge in [0.05, 0.1) is 17.8 Å². The fourth-order valence-corrected chi connectivity index (χ4v) is 2.71. The maximum Gasteiger partial charge on any atom is 0.255 e. The van der Waals surface area contributed by atoms with Crippen LogP contribution in [0.3, 0.4) is 0 Å². The van der Waals surface area contributed by atoms with Gasteiger partial charge in [-0.25, -0.2) is 4.98 Å². The SMILES string of the molecule is CCc1nc(Cl)cc(=O)n1Cc1nn(C)c2ccccc12. The van der Waals surface area contributed by atoms with Crippen molar-refractivity contribution in [2.24, 2.45) is 7.05 Å². The van der Waals surface area contributed by atoms with Crippen molar-refractivity contribution in [2.75, 3.05) is 0 Å². The Kier molecular flexibility index (Phi) is 3.51. The van der Waals surface area contributed by atoms with E-state index in [0.29, 0.717) is 18.8 Å². The lowest BCUT2D eigenvalue weighted by atomic mass is 10.2. The second kappa shape index (κ2) is 5.33. The van der Waals surface area contributed by atoms with Crippen molar-refractivity contribution in [3.63, 3.8) is 0 Å². The van der Waals surface area contributed by atoms with Gasteiger partial charge in [0.1, 0.15) is 11.0 Å². The fourth-order valence-electron chi connectivity index (χ4n) is 2.52. The second-order valence-corrected chi connectivity index (χ2v) is 5.25. The van der Waals surface area contributed by atoms with Crippen LogP contribution >= 0.6 is 11.6 Å². The summed E-state index contributed by atoms with van der Waals surface area (Å²) in [6.45, 7) is 2.35. The van der Waals surface area contributed by atoms with Gasteiger partial charge in [0.15, 0.2) is 0 Å². The highest BCUT2D eigenvalue weighted by Crippen LogP contribution is 2.18. The summed E-state index contributed by atoms with van der Waals surface area (Å²) in [4.78, 5) is 16.4. The van der Waals surface area contributed by atoms with Crippen molar-refractivity contribution < 1.29 is 0 Å². The average molecular weight is 303 g/mol. The zero-order valence-electron chi connectivity index (χ0n) is 11.9. The molecule has 0 N–H and O–H groups in total. The first kappa shape index (κ1) is 13.8. The molecule has 5 nitrogen and oxygen atoms in total. The smallest absolute Gasteiger partial charge is 0.255 e. The summed E-state index contributed by atoms with van der Waals surface area (Å²) in [6.07, 6.45) is 0.639. The predicted octanol–water partition coefficient (Wildman–Crippen LogP) is 2.39. The van der Waals surface area contributed by atoms with Gasteiger partial charge in [0.25, 0.3) is 5.56 Å². The van der Waals surface area contributed by atoms with E-state index in [2.05, 4.69) is 10.1 Å². The molecule has 0 bridgehead atoms. The third-order valence-electron chi connectivity index (χ3n) is 3.51.